The van der Waals surface area contributed by atoms with Crippen molar-refractivity contribution >= 4 is 37.6 Å². The first-order valence-corrected chi connectivity index (χ1v) is 30.5. The number of nitrogens with zero attached hydrogens (tertiary/aromatic N) is 6. The van der Waals surface area contributed by atoms with E-state index >= 15 is 0 Å². The molecular formula is C67H64N9O13P. The van der Waals surface area contributed by atoms with Crippen molar-refractivity contribution in [2.75, 3.05) is 46.0 Å². The number of nitrogens with one attached hydrogen (secondary N) is 3. The molecule has 6 unspecified atom stereocenters. The number of alkyl carbamates (subject to hydrolysis) is 1. The van der Waals surface area contributed by atoms with Crippen molar-refractivity contribution in [1.82, 2.24) is 34.4 Å². The van der Waals surface area contributed by atoms with Crippen LogP contribution in [0.3, 0.4) is 0 Å². The Morgan fingerprint density at radius 1 is 0.744 bits per heavy atom. The number of methoxy groups -OCH3 is 2. The van der Waals surface area contributed by atoms with Gasteiger partial charge in [0.25, 0.3) is 11.5 Å². The number of hydrogen-bond acceptors (Lipinski definition) is 17. The smallest absolute Gasteiger partial charge is 0.407 e. The summed E-state index contributed by atoms with van der Waals surface area (Å²) in [6.45, 7) is 1.93. The highest BCUT2D eigenvalue weighted by atomic mass is 31.2. The first-order chi connectivity index (χ1) is 44.0. The van der Waals surface area contributed by atoms with Crippen molar-refractivity contribution in [3.05, 3.63) is 236 Å². The van der Waals surface area contributed by atoms with E-state index in [0.29, 0.717) is 46.6 Å². The van der Waals surface area contributed by atoms with Crippen molar-refractivity contribution in [3.63, 3.8) is 0 Å². The number of aromatic amines is 1. The van der Waals surface area contributed by atoms with E-state index in [9.17, 15) is 24.4 Å². The predicted octanol–water partition coefficient (Wildman–Crippen LogP) is 10.5. The van der Waals surface area contributed by atoms with E-state index in [2.05, 4.69) is 60.9 Å². The Morgan fingerprint density at radius 2 is 1.41 bits per heavy atom. The lowest BCUT2D eigenvalue weighted by molar-refractivity contribution is -0.0936. The Hall–Kier alpha value is -9.43. The molecule has 5 heterocycles. The third kappa shape index (κ3) is 13.0. The minimum Gasteiger partial charge on any atom is -0.497 e. The summed E-state index contributed by atoms with van der Waals surface area (Å²) >= 11 is 0. The topological polar surface area (TPSA) is 264 Å². The number of fused-ring (bicyclic) bond motifs is 4. The van der Waals surface area contributed by atoms with Gasteiger partial charge in [0.2, 0.25) is 0 Å². The zero-order valence-electron chi connectivity index (χ0n) is 49.4. The van der Waals surface area contributed by atoms with Crippen LogP contribution in [-0.2, 0) is 44.7 Å². The minimum absolute atomic E-state index is 0.00668. The van der Waals surface area contributed by atoms with Gasteiger partial charge in [-0.05, 0) is 101 Å². The number of ether oxygens (including phenoxy) is 6. The molecule has 460 valence electrons. The number of aromatic nitrogens is 6. The number of benzene rings is 6. The fraction of sp³-hybridized carbons (Fsp3) is 0.284. The lowest BCUT2D eigenvalue weighted by Crippen LogP contribution is -2.38. The molecule has 3 N–H and O–H groups in total. The van der Waals surface area contributed by atoms with Crippen LogP contribution in [0.1, 0.15) is 93.4 Å². The van der Waals surface area contributed by atoms with Crippen LogP contribution in [0.15, 0.2) is 180 Å². The van der Waals surface area contributed by atoms with Crippen molar-refractivity contribution in [2.45, 2.75) is 81.4 Å². The van der Waals surface area contributed by atoms with Crippen LogP contribution >= 0.6 is 8.60 Å². The number of nitriles is 1. The molecule has 12 rings (SSSR count). The van der Waals surface area contributed by atoms with Gasteiger partial charge in [0.05, 0.1) is 65.1 Å². The number of rotatable bonds is 24. The molecule has 90 heavy (non-hydrogen) atoms. The Bertz CT molecular complexity index is 4070. The van der Waals surface area contributed by atoms with Crippen LogP contribution in [0.4, 0.5) is 10.6 Å². The predicted molar refractivity (Wildman–Crippen MR) is 332 cm³/mol. The largest absolute Gasteiger partial charge is 0.497 e. The van der Waals surface area contributed by atoms with Crippen molar-refractivity contribution in [3.8, 4) is 28.7 Å². The molecule has 6 aromatic carbocycles. The van der Waals surface area contributed by atoms with Crippen LogP contribution in [0.5, 0.6) is 11.5 Å². The zero-order chi connectivity index (χ0) is 62.1. The SMILES string of the molecule is COc1ccc(C(OCC2OC(n3cc(C)c(=O)[nH]c3=O)CC2OP(OCCC#N)OCC2CCC(n3cnc4c(NC(=O)c5ccc(CNC(=O)OCC6c7ccccc7-c7ccccc76)cc5)ncnc43)O2)(c2ccccc2)c2ccc(OC)cc2)cc1. The molecule has 22 nitrogen and oxygen atoms in total. The monoisotopic (exact) mass is 1230 g/mol. The van der Waals surface area contributed by atoms with Gasteiger partial charge < -0.3 is 52.6 Å². The molecule has 0 radical (unpaired) electrons. The number of anilines is 1. The molecular weight excluding hydrogens is 1170 g/mol. The van der Waals surface area contributed by atoms with Gasteiger partial charge >= 0.3 is 20.4 Å². The van der Waals surface area contributed by atoms with E-state index in [-0.39, 0.29) is 57.5 Å². The summed E-state index contributed by atoms with van der Waals surface area (Å²) in [5.74, 6) is 1.02. The first-order valence-electron chi connectivity index (χ1n) is 29.4. The normalized spacial score (nSPS) is 18.1. The van der Waals surface area contributed by atoms with Crippen molar-refractivity contribution < 1.29 is 51.6 Å². The highest BCUT2D eigenvalue weighted by molar-refractivity contribution is 7.41. The number of amides is 2. The summed E-state index contributed by atoms with van der Waals surface area (Å²) in [6.07, 6.45) is 1.56. The Labute approximate surface area is 518 Å². The summed E-state index contributed by atoms with van der Waals surface area (Å²) in [4.78, 5) is 68.4. The molecule has 6 atom stereocenters. The van der Waals surface area contributed by atoms with Crippen LogP contribution in [0.25, 0.3) is 22.3 Å². The third-order valence-corrected chi connectivity index (χ3v) is 17.5. The van der Waals surface area contributed by atoms with Gasteiger partial charge in [-0.1, -0.05) is 115 Å². The first kappa shape index (κ1) is 60.8. The molecule has 3 aromatic heterocycles. The molecule has 0 saturated carbocycles. The average Bonchev–Trinajstić information content (AvgIpc) is 2.08. The van der Waals surface area contributed by atoms with E-state index in [1.54, 1.807) is 56.3 Å². The van der Waals surface area contributed by atoms with Gasteiger partial charge in [0.15, 0.2) is 17.0 Å². The number of H-pyrrole nitrogens is 1. The Balaban J connectivity index is 0.702. The van der Waals surface area contributed by atoms with Gasteiger partial charge in [0, 0.05) is 36.2 Å². The molecule has 0 bridgehead atoms. The Morgan fingerprint density at radius 3 is 2.09 bits per heavy atom. The van der Waals surface area contributed by atoms with E-state index in [1.165, 1.54) is 17.1 Å². The molecule has 2 fully saturated rings. The molecule has 2 aliphatic heterocycles. The maximum atomic E-state index is 13.6. The molecule has 0 spiro atoms. The summed E-state index contributed by atoms with van der Waals surface area (Å²) in [7, 11) is 1.01. The maximum absolute atomic E-state index is 13.6. The van der Waals surface area contributed by atoms with Gasteiger partial charge in [-0.3, -0.25) is 23.7 Å². The van der Waals surface area contributed by atoms with Crippen molar-refractivity contribution in [1.29, 1.82) is 5.26 Å². The fourth-order valence-corrected chi connectivity index (χ4v) is 12.8. The molecule has 9 aromatic rings. The van der Waals surface area contributed by atoms with E-state index in [4.69, 9.17) is 42.0 Å². The number of imidazole rings is 1. The van der Waals surface area contributed by atoms with Gasteiger partial charge in [-0.2, -0.15) is 5.26 Å². The molecule has 2 amide bonds. The molecule has 1 aliphatic carbocycles. The van der Waals surface area contributed by atoms with Crippen LogP contribution in [-0.4, -0.2) is 100 Å². The quantitative estimate of drug-likeness (QED) is 0.0288. The molecule has 2 saturated heterocycles. The van der Waals surface area contributed by atoms with Gasteiger partial charge in [-0.25, -0.2) is 24.5 Å². The lowest BCUT2D eigenvalue weighted by atomic mass is 9.80. The highest BCUT2D eigenvalue weighted by Crippen LogP contribution is 2.49. The van der Waals surface area contributed by atoms with Crippen LogP contribution in [0, 0.1) is 18.3 Å². The molecule has 23 heteroatoms. The fourth-order valence-electron chi connectivity index (χ4n) is 11.7. The minimum atomic E-state index is -2.20. The number of carbonyl (C=O) groups excluding carboxylic acids is 2. The number of carbonyl (C=O) groups is 2. The average molecular weight is 1230 g/mol. The second-order valence-corrected chi connectivity index (χ2v) is 22.9. The number of hydrogen-bond donors (Lipinski definition) is 3. The third-order valence-electron chi connectivity index (χ3n) is 16.3. The second-order valence-electron chi connectivity index (χ2n) is 21.7. The standard InChI is InChI=1S/C67H64N9O13P/c1-42-36-75(65(79)74-63(42)77)59-34-56(57(88-59)39-84-67(45-12-5-4-6-13-45,46-22-26-48(81-2)27-23-46)47-24-28-49(82-3)29-25-47)89-90(85-33-11-32-68)86-37-50-30-31-58(87-50)76-41-72-60-61(70-40-71-62(60)76)73-64(78)44-20-18-43(19-21-44)35-69-66(80)83-38-55-53-16-9-7-14-51(53)52-15-8-10-17-54(52)55/h4-10,12-29,36,40-41,50,55-59H,11,30-31,33-35,37-39H2,1-3H3,(H,69,80)(H,74,77,79)(H,70,71,73,78). The maximum Gasteiger partial charge on any atom is 0.407 e. The van der Waals surface area contributed by atoms with Gasteiger partial charge in [-0.15, -0.1) is 0 Å². The lowest BCUT2D eigenvalue weighted by Gasteiger charge is -2.37. The zero-order valence-corrected chi connectivity index (χ0v) is 50.3. The highest BCUT2D eigenvalue weighted by Gasteiger charge is 2.45. The summed E-state index contributed by atoms with van der Waals surface area (Å²) in [6, 6.07) is 50.3. The van der Waals surface area contributed by atoms with Crippen molar-refractivity contribution in [2.24, 2.45) is 0 Å². The van der Waals surface area contributed by atoms with E-state index < -0.39 is 68.2 Å². The Kier molecular flexibility index (Phi) is 18.6. The summed E-state index contributed by atoms with van der Waals surface area (Å²) < 4.78 is 59.9. The molecule has 3 aliphatic rings. The van der Waals surface area contributed by atoms with E-state index in [1.807, 2.05) is 103 Å². The summed E-state index contributed by atoms with van der Waals surface area (Å²) in [5, 5.41) is 15.3. The van der Waals surface area contributed by atoms with E-state index in [0.717, 1.165) is 44.5 Å². The summed E-state index contributed by atoms with van der Waals surface area (Å²) in [5.41, 5.74) is 6.71. The van der Waals surface area contributed by atoms with Gasteiger partial charge in [0.1, 0.15) is 48.6 Å². The van der Waals surface area contributed by atoms with Crippen LogP contribution < -0.4 is 31.4 Å². The van der Waals surface area contributed by atoms with Crippen LogP contribution in [0.2, 0.25) is 0 Å². The second kappa shape index (κ2) is 27.5. The number of aryl methyl sites for hydroxylation is 1.